The van der Waals surface area contributed by atoms with E-state index in [-0.39, 0.29) is 17.5 Å². The fourth-order valence-electron chi connectivity index (χ4n) is 3.01. The van der Waals surface area contributed by atoms with E-state index >= 15 is 0 Å². The van der Waals surface area contributed by atoms with E-state index in [0.29, 0.717) is 11.4 Å². The van der Waals surface area contributed by atoms with E-state index in [1.165, 1.54) is 17.7 Å². The number of halogens is 1. The van der Waals surface area contributed by atoms with Crippen LogP contribution in [0.25, 0.3) is 0 Å². The normalized spacial score (nSPS) is 11.8. The largest absolute Gasteiger partial charge is 0.366 e. The molecule has 6 heteroatoms. The first-order valence-electron chi connectivity index (χ1n) is 8.57. The van der Waals surface area contributed by atoms with Crippen LogP contribution in [0, 0.1) is 5.82 Å². The van der Waals surface area contributed by atoms with Gasteiger partial charge in [-0.15, -0.1) is 0 Å². The SMILES string of the molecule is CC(Cc1ccccc1)n1cccc1C(=O)Nc1ccc(F)c(C(N)=O)c1. The quantitative estimate of drug-likeness (QED) is 0.697. The van der Waals surface area contributed by atoms with E-state index < -0.39 is 11.7 Å². The van der Waals surface area contributed by atoms with E-state index in [4.69, 9.17) is 5.73 Å². The first kappa shape index (κ1) is 18.4. The predicted octanol–water partition coefficient (Wildman–Crippen LogP) is 3.78. The summed E-state index contributed by atoms with van der Waals surface area (Å²) >= 11 is 0. The maximum atomic E-state index is 13.6. The number of nitrogens with zero attached hydrogens (tertiary/aromatic N) is 1. The lowest BCUT2D eigenvalue weighted by atomic mass is 10.1. The summed E-state index contributed by atoms with van der Waals surface area (Å²) in [6.45, 7) is 2.03. The van der Waals surface area contributed by atoms with Gasteiger partial charge in [-0.3, -0.25) is 9.59 Å². The molecule has 0 bridgehead atoms. The van der Waals surface area contributed by atoms with E-state index in [9.17, 15) is 14.0 Å². The van der Waals surface area contributed by atoms with Crippen molar-refractivity contribution < 1.29 is 14.0 Å². The highest BCUT2D eigenvalue weighted by Crippen LogP contribution is 2.19. The molecule has 0 aliphatic rings. The molecular formula is C21H20FN3O2. The Kier molecular flexibility index (Phi) is 5.35. The van der Waals surface area contributed by atoms with E-state index in [0.717, 1.165) is 12.5 Å². The Hall–Kier alpha value is -3.41. The van der Waals surface area contributed by atoms with Crippen molar-refractivity contribution in [2.75, 3.05) is 5.32 Å². The van der Waals surface area contributed by atoms with Crippen molar-refractivity contribution in [3.63, 3.8) is 0 Å². The zero-order valence-electron chi connectivity index (χ0n) is 14.9. The van der Waals surface area contributed by atoms with Crippen molar-refractivity contribution in [2.45, 2.75) is 19.4 Å². The van der Waals surface area contributed by atoms with Crippen molar-refractivity contribution in [3.8, 4) is 0 Å². The van der Waals surface area contributed by atoms with Gasteiger partial charge in [0.05, 0.1) is 5.56 Å². The van der Waals surface area contributed by atoms with Crippen LogP contribution >= 0.6 is 0 Å². The summed E-state index contributed by atoms with van der Waals surface area (Å²) in [6.07, 6.45) is 2.63. The van der Waals surface area contributed by atoms with Crippen LogP contribution in [0.2, 0.25) is 0 Å². The smallest absolute Gasteiger partial charge is 0.272 e. The second-order valence-corrected chi connectivity index (χ2v) is 6.35. The number of primary amides is 1. The van der Waals surface area contributed by atoms with E-state index in [1.54, 1.807) is 12.1 Å². The number of carbonyl (C=O) groups is 2. The fourth-order valence-corrected chi connectivity index (χ4v) is 3.01. The Morgan fingerprint density at radius 2 is 1.85 bits per heavy atom. The number of nitrogens with two attached hydrogens (primary N) is 1. The lowest BCUT2D eigenvalue weighted by Crippen LogP contribution is -2.20. The molecule has 0 saturated heterocycles. The molecule has 0 aliphatic heterocycles. The Balaban J connectivity index is 1.78. The summed E-state index contributed by atoms with van der Waals surface area (Å²) in [4.78, 5) is 23.9. The van der Waals surface area contributed by atoms with Gasteiger partial charge in [0, 0.05) is 17.9 Å². The number of nitrogens with one attached hydrogen (secondary N) is 1. The van der Waals surface area contributed by atoms with Crippen LogP contribution in [-0.4, -0.2) is 16.4 Å². The second kappa shape index (κ2) is 7.86. The molecule has 0 spiro atoms. The number of amides is 2. The first-order chi connectivity index (χ1) is 13.0. The van der Waals surface area contributed by atoms with Gasteiger partial charge < -0.3 is 15.6 Å². The number of carbonyl (C=O) groups excluding carboxylic acids is 2. The lowest BCUT2D eigenvalue weighted by Gasteiger charge is -2.17. The summed E-state index contributed by atoms with van der Waals surface area (Å²) in [5.74, 6) is -1.95. The van der Waals surface area contributed by atoms with Gasteiger partial charge in [0.25, 0.3) is 11.8 Å². The molecule has 1 atom stereocenters. The van der Waals surface area contributed by atoms with Gasteiger partial charge in [0.15, 0.2) is 0 Å². The highest BCUT2D eigenvalue weighted by atomic mass is 19.1. The molecule has 3 N–H and O–H groups in total. The molecular weight excluding hydrogens is 345 g/mol. The van der Waals surface area contributed by atoms with Gasteiger partial charge in [-0.05, 0) is 49.2 Å². The number of anilines is 1. The van der Waals surface area contributed by atoms with Crippen LogP contribution in [0.3, 0.4) is 0 Å². The third kappa shape index (κ3) is 4.23. The average Bonchev–Trinajstić information content (AvgIpc) is 3.14. The molecule has 3 rings (SSSR count). The van der Waals surface area contributed by atoms with Gasteiger partial charge in [-0.2, -0.15) is 0 Å². The Bertz CT molecular complexity index is 967. The summed E-state index contributed by atoms with van der Waals surface area (Å²) in [6, 6.07) is 17.3. The summed E-state index contributed by atoms with van der Waals surface area (Å²) in [5, 5.41) is 2.69. The molecule has 0 aliphatic carbocycles. The van der Waals surface area contributed by atoms with Gasteiger partial charge >= 0.3 is 0 Å². The fraction of sp³-hybridized carbons (Fsp3) is 0.143. The Labute approximate surface area is 156 Å². The van der Waals surface area contributed by atoms with Crippen LogP contribution in [-0.2, 0) is 6.42 Å². The molecule has 0 saturated carbocycles. The van der Waals surface area contributed by atoms with Crippen LogP contribution in [0.1, 0.15) is 39.4 Å². The maximum Gasteiger partial charge on any atom is 0.272 e. The molecule has 0 radical (unpaired) electrons. The minimum atomic E-state index is -0.886. The van der Waals surface area contributed by atoms with Crippen molar-refractivity contribution in [1.82, 2.24) is 4.57 Å². The van der Waals surface area contributed by atoms with Crippen molar-refractivity contribution in [1.29, 1.82) is 0 Å². The van der Waals surface area contributed by atoms with Crippen molar-refractivity contribution in [3.05, 3.63) is 89.5 Å². The van der Waals surface area contributed by atoms with Crippen LogP contribution in [0.15, 0.2) is 66.9 Å². The minimum absolute atomic E-state index is 0.0672. The molecule has 5 nitrogen and oxygen atoms in total. The van der Waals surface area contributed by atoms with Crippen LogP contribution in [0.5, 0.6) is 0 Å². The first-order valence-corrected chi connectivity index (χ1v) is 8.57. The third-order valence-electron chi connectivity index (χ3n) is 4.35. The molecule has 1 unspecified atom stereocenters. The molecule has 138 valence electrons. The number of benzene rings is 2. The van der Waals surface area contributed by atoms with Gasteiger partial charge in [0.2, 0.25) is 0 Å². The van der Waals surface area contributed by atoms with E-state index in [1.807, 2.05) is 48.0 Å². The monoisotopic (exact) mass is 365 g/mol. The molecule has 1 aromatic heterocycles. The molecule has 2 amide bonds. The second-order valence-electron chi connectivity index (χ2n) is 6.35. The standard InChI is InChI=1S/C21H20FN3O2/c1-14(12-15-6-3-2-4-7-15)25-11-5-8-19(25)21(27)24-16-9-10-18(22)17(13-16)20(23)26/h2-11,13-14H,12H2,1H3,(H2,23,26)(H,24,27). The molecule has 0 fully saturated rings. The molecule has 27 heavy (non-hydrogen) atoms. The number of hydrogen-bond donors (Lipinski definition) is 2. The molecule has 2 aromatic carbocycles. The van der Waals surface area contributed by atoms with Gasteiger partial charge in [-0.1, -0.05) is 30.3 Å². The average molecular weight is 365 g/mol. The predicted molar refractivity (Wildman–Crippen MR) is 102 cm³/mol. The van der Waals surface area contributed by atoms with E-state index in [2.05, 4.69) is 5.32 Å². The highest BCUT2D eigenvalue weighted by molar-refractivity contribution is 6.04. The topological polar surface area (TPSA) is 77.1 Å². The van der Waals surface area contributed by atoms with Crippen LogP contribution in [0.4, 0.5) is 10.1 Å². The summed E-state index contributed by atoms with van der Waals surface area (Å²) < 4.78 is 15.5. The number of hydrogen-bond acceptors (Lipinski definition) is 2. The zero-order chi connectivity index (χ0) is 19.4. The molecule has 3 aromatic rings. The Morgan fingerprint density at radius 1 is 1.11 bits per heavy atom. The van der Waals surface area contributed by atoms with Gasteiger partial charge in [0.1, 0.15) is 11.5 Å². The number of rotatable bonds is 6. The van der Waals surface area contributed by atoms with Crippen molar-refractivity contribution >= 4 is 17.5 Å². The lowest BCUT2D eigenvalue weighted by molar-refractivity contribution is 0.0991. The van der Waals surface area contributed by atoms with Crippen LogP contribution < -0.4 is 11.1 Å². The summed E-state index contributed by atoms with van der Waals surface area (Å²) in [7, 11) is 0. The number of aromatic nitrogens is 1. The maximum absolute atomic E-state index is 13.6. The zero-order valence-corrected chi connectivity index (χ0v) is 14.9. The summed E-state index contributed by atoms with van der Waals surface area (Å²) in [5.41, 5.74) is 6.84. The third-order valence-corrected chi connectivity index (χ3v) is 4.35. The van der Waals surface area contributed by atoms with Gasteiger partial charge in [-0.25, -0.2) is 4.39 Å². The van der Waals surface area contributed by atoms with Crippen molar-refractivity contribution in [2.24, 2.45) is 5.73 Å². The highest BCUT2D eigenvalue weighted by Gasteiger charge is 2.17. The Morgan fingerprint density at radius 3 is 2.56 bits per heavy atom. The minimum Gasteiger partial charge on any atom is -0.366 e. The molecule has 1 heterocycles.